The van der Waals surface area contributed by atoms with Crippen LogP contribution in [0.1, 0.15) is 61.6 Å². The summed E-state index contributed by atoms with van der Waals surface area (Å²) in [7, 11) is 1.94. The van der Waals surface area contributed by atoms with Crippen molar-refractivity contribution in [2.24, 2.45) is 7.05 Å². The topological polar surface area (TPSA) is 58.4 Å². The monoisotopic (exact) mass is 505 g/mol. The van der Waals surface area contributed by atoms with Gasteiger partial charge < -0.3 is 10.0 Å². The lowest BCUT2D eigenvalue weighted by molar-refractivity contribution is -0.131. The lowest BCUT2D eigenvalue weighted by atomic mass is 9.82. The average molecular weight is 506 g/mol. The molecular weight excluding hydrogens is 470 g/mol. The molecule has 1 N–H and O–H groups in total. The molecule has 194 valence electrons. The molecular formula is C33H35N3O2. The number of anilines is 1. The molecule has 2 heterocycles. The number of fused-ring (bicyclic) bond motifs is 1. The number of aromatic nitrogens is 2. The first-order valence-corrected chi connectivity index (χ1v) is 13.1. The maximum atomic E-state index is 11.0. The second kappa shape index (κ2) is 9.97. The molecule has 3 aromatic carbocycles. The van der Waals surface area contributed by atoms with Crippen molar-refractivity contribution in [3.8, 4) is 11.1 Å². The molecule has 0 spiro atoms. The third kappa shape index (κ3) is 5.14. The van der Waals surface area contributed by atoms with Crippen LogP contribution in [0, 0.1) is 0 Å². The van der Waals surface area contributed by atoms with Gasteiger partial charge in [0.1, 0.15) is 0 Å². The van der Waals surface area contributed by atoms with Gasteiger partial charge in [-0.2, -0.15) is 5.10 Å². The molecule has 1 aliphatic heterocycles. The Morgan fingerprint density at radius 1 is 1.00 bits per heavy atom. The Morgan fingerprint density at radius 2 is 1.71 bits per heavy atom. The lowest BCUT2D eigenvalue weighted by Gasteiger charge is -2.44. The number of aryl methyl sites for hydroxylation is 1. The third-order valence-electron chi connectivity index (χ3n) is 7.45. The van der Waals surface area contributed by atoms with Gasteiger partial charge in [0.25, 0.3) is 0 Å². The van der Waals surface area contributed by atoms with Crippen LogP contribution in [0.5, 0.6) is 0 Å². The van der Waals surface area contributed by atoms with E-state index in [0.29, 0.717) is 0 Å². The summed E-state index contributed by atoms with van der Waals surface area (Å²) in [4.78, 5) is 13.5. The van der Waals surface area contributed by atoms with E-state index in [4.69, 9.17) is 5.11 Å². The number of rotatable bonds is 5. The van der Waals surface area contributed by atoms with Gasteiger partial charge in [0.2, 0.25) is 0 Å². The standard InChI is InChI=1S/C33H35N3O2/c1-22-18-26-19-25(27-20-34-35(5)21-27)11-16-30(26)32(24-9-6-23(7-10-24)8-17-31(37)38)36(22)29-14-12-28(13-15-29)33(2,3)4/h6-17,19-22,32H,18H2,1-5H3,(H,37,38)/b17-8+/t22-,32-/m1/s1. The summed E-state index contributed by atoms with van der Waals surface area (Å²) >= 11 is 0. The van der Waals surface area contributed by atoms with E-state index >= 15 is 0 Å². The minimum absolute atomic E-state index is 0.0367. The summed E-state index contributed by atoms with van der Waals surface area (Å²) in [5.41, 5.74) is 9.61. The van der Waals surface area contributed by atoms with E-state index in [1.165, 1.54) is 39.6 Å². The fraction of sp³-hybridized carbons (Fsp3) is 0.273. The van der Waals surface area contributed by atoms with Crippen molar-refractivity contribution in [3.63, 3.8) is 0 Å². The fourth-order valence-corrected chi connectivity index (χ4v) is 5.45. The van der Waals surface area contributed by atoms with Gasteiger partial charge in [-0.05, 0) is 70.3 Å². The molecule has 4 aromatic rings. The van der Waals surface area contributed by atoms with Crippen molar-refractivity contribution in [2.45, 2.75) is 51.6 Å². The smallest absolute Gasteiger partial charge is 0.328 e. The first-order valence-electron chi connectivity index (χ1n) is 13.1. The van der Waals surface area contributed by atoms with E-state index in [-0.39, 0.29) is 17.5 Å². The molecule has 0 bridgehead atoms. The molecule has 0 amide bonds. The Bertz CT molecular complexity index is 1470. The summed E-state index contributed by atoms with van der Waals surface area (Å²) in [5, 5.41) is 13.4. The molecule has 1 aliphatic rings. The van der Waals surface area contributed by atoms with Crippen LogP contribution in [-0.4, -0.2) is 26.9 Å². The summed E-state index contributed by atoms with van der Waals surface area (Å²) in [6.07, 6.45) is 7.72. The number of carbonyl (C=O) groups is 1. The van der Waals surface area contributed by atoms with E-state index in [2.05, 4.69) is 98.5 Å². The van der Waals surface area contributed by atoms with Crippen LogP contribution in [0.2, 0.25) is 0 Å². The van der Waals surface area contributed by atoms with E-state index in [1.54, 1.807) is 6.08 Å². The highest BCUT2D eigenvalue weighted by Crippen LogP contribution is 2.42. The molecule has 5 heteroatoms. The van der Waals surface area contributed by atoms with Crippen molar-refractivity contribution in [3.05, 3.63) is 113 Å². The van der Waals surface area contributed by atoms with Gasteiger partial charge in [-0.1, -0.05) is 75.4 Å². The highest BCUT2D eigenvalue weighted by atomic mass is 16.4. The van der Waals surface area contributed by atoms with Crippen molar-refractivity contribution in [1.29, 1.82) is 0 Å². The SMILES string of the molecule is C[C@@H]1Cc2cc(-c3cnn(C)c3)ccc2[C@@H](c2ccc(/C=C/C(=O)O)cc2)N1c1ccc(C(C)(C)C)cc1. The number of nitrogens with zero attached hydrogens (tertiary/aromatic N) is 3. The van der Waals surface area contributed by atoms with Gasteiger partial charge in [0, 0.05) is 36.6 Å². The second-order valence-corrected chi connectivity index (χ2v) is 11.3. The Hall–Kier alpha value is -4.12. The van der Waals surface area contributed by atoms with Crippen LogP contribution in [0.15, 0.2) is 85.2 Å². The van der Waals surface area contributed by atoms with Crippen LogP contribution >= 0.6 is 0 Å². The van der Waals surface area contributed by atoms with Crippen molar-refractivity contribution >= 4 is 17.7 Å². The van der Waals surface area contributed by atoms with E-state index < -0.39 is 5.97 Å². The minimum atomic E-state index is -0.946. The zero-order chi connectivity index (χ0) is 27.0. The van der Waals surface area contributed by atoms with Crippen LogP contribution < -0.4 is 4.90 Å². The summed E-state index contributed by atoms with van der Waals surface area (Å²) < 4.78 is 1.84. The number of carboxylic acids is 1. The highest BCUT2D eigenvalue weighted by molar-refractivity contribution is 5.85. The molecule has 0 aliphatic carbocycles. The number of hydrogen-bond donors (Lipinski definition) is 1. The predicted octanol–water partition coefficient (Wildman–Crippen LogP) is 7.02. The molecule has 0 radical (unpaired) electrons. The maximum Gasteiger partial charge on any atom is 0.328 e. The zero-order valence-electron chi connectivity index (χ0n) is 22.7. The van der Waals surface area contributed by atoms with Crippen LogP contribution in [0.25, 0.3) is 17.2 Å². The lowest BCUT2D eigenvalue weighted by Crippen LogP contribution is -2.43. The van der Waals surface area contributed by atoms with Gasteiger partial charge in [0.15, 0.2) is 0 Å². The highest BCUT2D eigenvalue weighted by Gasteiger charge is 2.34. The van der Waals surface area contributed by atoms with Crippen LogP contribution in [0.4, 0.5) is 5.69 Å². The molecule has 0 fully saturated rings. The van der Waals surface area contributed by atoms with Crippen LogP contribution in [-0.2, 0) is 23.7 Å². The minimum Gasteiger partial charge on any atom is -0.478 e. The molecule has 38 heavy (non-hydrogen) atoms. The first-order chi connectivity index (χ1) is 18.1. The van der Waals surface area contributed by atoms with Crippen molar-refractivity contribution < 1.29 is 9.90 Å². The quantitative estimate of drug-likeness (QED) is 0.296. The molecule has 0 unspecified atom stereocenters. The Morgan fingerprint density at radius 3 is 2.32 bits per heavy atom. The first kappa shape index (κ1) is 25.5. The Kier molecular flexibility index (Phi) is 6.70. The molecule has 2 atom stereocenters. The number of benzene rings is 3. The van der Waals surface area contributed by atoms with Gasteiger partial charge in [-0.3, -0.25) is 4.68 Å². The Balaban J connectivity index is 1.60. The van der Waals surface area contributed by atoms with Crippen molar-refractivity contribution in [1.82, 2.24) is 9.78 Å². The molecule has 1 aromatic heterocycles. The normalized spacial score (nSPS) is 17.6. The molecule has 0 saturated carbocycles. The predicted molar refractivity (Wildman–Crippen MR) is 154 cm³/mol. The third-order valence-corrected chi connectivity index (χ3v) is 7.45. The number of hydrogen-bond acceptors (Lipinski definition) is 3. The van der Waals surface area contributed by atoms with Crippen LogP contribution in [0.3, 0.4) is 0 Å². The molecule has 5 nitrogen and oxygen atoms in total. The van der Waals surface area contributed by atoms with E-state index in [1.807, 2.05) is 30.1 Å². The van der Waals surface area contributed by atoms with E-state index in [9.17, 15) is 4.79 Å². The van der Waals surface area contributed by atoms with Gasteiger partial charge in [-0.25, -0.2) is 4.79 Å². The summed E-state index contributed by atoms with van der Waals surface area (Å²) in [5.74, 6) is -0.946. The van der Waals surface area contributed by atoms with Gasteiger partial charge >= 0.3 is 5.97 Å². The summed E-state index contributed by atoms with van der Waals surface area (Å²) in [6.45, 7) is 9.02. The second-order valence-electron chi connectivity index (χ2n) is 11.3. The largest absolute Gasteiger partial charge is 0.478 e. The molecule has 5 rings (SSSR count). The van der Waals surface area contributed by atoms with Gasteiger partial charge in [-0.15, -0.1) is 0 Å². The van der Waals surface area contributed by atoms with Gasteiger partial charge in [0.05, 0.1) is 12.2 Å². The number of carboxylic acid groups (broad SMARTS) is 1. The van der Waals surface area contributed by atoms with E-state index in [0.717, 1.165) is 17.5 Å². The average Bonchev–Trinajstić information content (AvgIpc) is 3.32. The summed E-state index contributed by atoms with van der Waals surface area (Å²) in [6, 6.07) is 24.4. The maximum absolute atomic E-state index is 11.0. The number of aliphatic carboxylic acids is 1. The van der Waals surface area contributed by atoms with Crippen molar-refractivity contribution in [2.75, 3.05) is 4.90 Å². The molecule has 0 saturated heterocycles. The zero-order valence-corrected chi connectivity index (χ0v) is 22.7. The Labute approximate surface area is 225 Å². The fourth-order valence-electron chi connectivity index (χ4n) is 5.45.